The number of hydrogen-bond acceptors (Lipinski definition) is 4. The van der Waals surface area contributed by atoms with E-state index in [-0.39, 0.29) is 5.91 Å². The van der Waals surface area contributed by atoms with Crippen LogP contribution in [0.1, 0.15) is 20.9 Å². The minimum absolute atomic E-state index is 0.0454. The van der Waals surface area contributed by atoms with E-state index in [1.54, 1.807) is 22.8 Å². The molecule has 0 aromatic carbocycles. The molecule has 0 aliphatic carbocycles. The lowest BCUT2D eigenvalue weighted by Crippen LogP contribution is -2.28. The molecule has 0 N–H and O–H groups in total. The number of thiazole rings is 1. The number of aromatic nitrogens is 2. The van der Waals surface area contributed by atoms with Crippen LogP contribution in [0, 0.1) is 6.92 Å². The third-order valence-electron chi connectivity index (χ3n) is 2.77. The zero-order valence-corrected chi connectivity index (χ0v) is 11.3. The lowest BCUT2D eigenvalue weighted by atomic mass is 10.2. The van der Waals surface area contributed by atoms with E-state index in [0.29, 0.717) is 6.54 Å². The molecule has 2 heterocycles. The number of hydrogen-bond donors (Lipinski definition) is 0. The van der Waals surface area contributed by atoms with Crippen LogP contribution in [0.2, 0.25) is 0 Å². The predicted octanol–water partition coefficient (Wildman–Crippen LogP) is 2.16. The van der Waals surface area contributed by atoms with Gasteiger partial charge in [0.25, 0.3) is 5.91 Å². The van der Waals surface area contributed by atoms with Crippen LogP contribution in [0.15, 0.2) is 30.0 Å². The number of carbonyl (C=O) groups is 1. The first-order valence-electron chi connectivity index (χ1n) is 5.73. The molecule has 94 valence electrons. The van der Waals surface area contributed by atoms with Crippen LogP contribution in [-0.2, 0) is 6.42 Å². The average Bonchev–Trinajstić information content (AvgIpc) is 2.82. The number of aryl methyl sites for hydroxylation is 1. The number of likely N-dealkylation sites (N-methyl/N-ethyl adjacent to an activating group) is 1. The van der Waals surface area contributed by atoms with E-state index in [2.05, 4.69) is 9.97 Å². The van der Waals surface area contributed by atoms with Gasteiger partial charge in [-0.1, -0.05) is 0 Å². The summed E-state index contributed by atoms with van der Waals surface area (Å²) in [6.07, 6.45) is 4.37. The molecule has 0 saturated carbocycles. The van der Waals surface area contributed by atoms with E-state index >= 15 is 0 Å². The van der Waals surface area contributed by atoms with Gasteiger partial charge in [0.2, 0.25) is 0 Å². The second-order valence-corrected chi connectivity index (χ2v) is 4.95. The third kappa shape index (κ3) is 2.92. The van der Waals surface area contributed by atoms with Crippen LogP contribution in [0.4, 0.5) is 0 Å². The van der Waals surface area contributed by atoms with Crippen LogP contribution in [-0.4, -0.2) is 34.4 Å². The van der Waals surface area contributed by atoms with Crippen LogP contribution >= 0.6 is 11.3 Å². The zero-order chi connectivity index (χ0) is 13.0. The first-order valence-corrected chi connectivity index (χ1v) is 6.61. The molecule has 0 bridgehead atoms. The summed E-state index contributed by atoms with van der Waals surface area (Å²) < 4.78 is 0. The molecule has 5 heteroatoms. The molecule has 2 aromatic rings. The van der Waals surface area contributed by atoms with E-state index in [9.17, 15) is 4.79 Å². The van der Waals surface area contributed by atoms with Gasteiger partial charge in [-0.3, -0.25) is 9.78 Å². The van der Waals surface area contributed by atoms with Crippen molar-refractivity contribution in [3.8, 4) is 0 Å². The van der Waals surface area contributed by atoms with Crippen molar-refractivity contribution in [1.82, 2.24) is 14.9 Å². The molecule has 0 spiro atoms. The summed E-state index contributed by atoms with van der Waals surface area (Å²) in [4.78, 5) is 22.7. The SMILES string of the molecule is Cc1ncsc1C(=O)N(C)CCc1ccncc1. The van der Waals surface area contributed by atoms with Gasteiger partial charge < -0.3 is 4.90 Å². The van der Waals surface area contributed by atoms with Crippen molar-refractivity contribution in [1.29, 1.82) is 0 Å². The molecule has 1 amide bonds. The van der Waals surface area contributed by atoms with Gasteiger partial charge in [0.05, 0.1) is 11.2 Å². The fraction of sp³-hybridized carbons (Fsp3) is 0.308. The quantitative estimate of drug-likeness (QED) is 0.847. The standard InChI is InChI=1S/C13H15N3OS/c1-10-12(18-9-15-10)13(17)16(2)8-5-11-3-6-14-7-4-11/h3-4,6-7,9H,5,8H2,1-2H3. The first-order chi connectivity index (χ1) is 8.68. The number of carbonyl (C=O) groups excluding carboxylic acids is 1. The van der Waals surface area contributed by atoms with Crippen molar-refractivity contribution in [2.45, 2.75) is 13.3 Å². The highest BCUT2D eigenvalue weighted by Gasteiger charge is 2.15. The molecule has 0 atom stereocenters. The molecule has 0 aliphatic heterocycles. The molecule has 0 unspecified atom stereocenters. The molecule has 0 saturated heterocycles. The maximum atomic E-state index is 12.1. The topological polar surface area (TPSA) is 46.1 Å². The van der Waals surface area contributed by atoms with Gasteiger partial charge in [-0.25, -0.2) is 4.98 Å². The summed E-state index contributed by atoms with van der Waals surface area (Å²) in [6.45, 7) is 2.56. The number of nitrogens with zero attached hydrogens (tertiary/aromatic N) is 3. The summed E-state index contributed by atoms with van der Waals surface area (Å²) in [5.74, 6) is 0.0454. The van der Waals surface area contributed by atoms with Crippen molar-refractivity contribution in [2.24, 2.45) is 0 Å². The summed E-state index contributed by atoms with van der Waals surface area (Å²) in [7, 11) is 1.82. The predicted molar refractivity (Wildman–Crippen MR) is 71.8 cm³/mol. The zero-order valence-electron chi connectivity index (χ0n) is 10.5. The van der Waals surface area contributed by atoms with Gasteiger partial charge in [0.15, 0.2) is 0 Å². The summed E-state index contributed by atoms with van der Waals surface area (Å²) in [5.41, 5.74) is 3.70. The number of rotatable bonds is 4. The molecule has 2 rings (SSSR count). The monoisotopic (exact) mass is 261 g/mol. The van der Waals surface area contributed by atoms with E-state index < -0.39 is 0 Å². The Bertz CT molecular complexity index is 524. The highest BCUT2D eigenvalue weighted by Crippen LogP contribution is 2.14. The normalized spacial score (nSPS) is 10.3. The Labute approximate surface area is 110 Å². The van der Waals surface area contributed by atoms with E-state index in [1.165, 1.54) is 16.9 Å². The van der Waals surface area contributed by atoms with Gasteiger partial charge in [-0.05, 0) is 31.0 Å². The molecule has 0 aliphatic rings. The fourth-order valence-corrected chi connectivity index (χ4v) is 2.42. The molecule has 4 nitrogen and oxygen atoms in total. The van der Waals surface area contributed by atoms with Gasteiger partial charge in [-0.15, -0.1) is 11.3 Å². The van der Waals surface area contributed by atoms with Crippen LogP contribution in [0.5, 0.6) is 0 Å². The lowest BCUT2D eigenvalue weighted by Gasteiger charge is -2.16. The summed E-state index contributed by atoms with van der Waals surface area (Å²) >= 11 is 1.40. The third-order valence-corrected chi connectivity index (χ3v) is 3.69. The largest absolute Gasteiger partial charge is 0.341 e. The molecule has 18 heavy (non-hydrogen) atoms. The maximum absolute atomic E-state index is 12.1. The highest BCUT2D eigenvalue weighted by atomic mass is 32.1. The van der Waals surface area contributed by atoms with Gasteiger partial charge >= 0.3 is 0 Å². The van der Waals surface area contributed by atoms with E-state index in [0.717, 1.165) is 17.0 Å². The average molecular weight is 261 g/mol. The number of pyridine rings is 1. The van der Waals surface area contributed by atoms with Crippen molar-refractivity contribution < 1.29 is 4.79 Å². The molecule has 2 aromatic heterocycles. The maximum Gasteiger partial charge on any atom is 0.265 e. The lowest BCUT2D eigenvalue weighted by molar-refractivity contribution is 0.0800. The summed E-state index contributed by atoms with van der Waals surface area (Å²) in [5, 5.41) is 0. The van der Waals surface area contributed by atoms with Crippen LogP contribution in [0.3, 0.4) is 0 Å². The van der Waals surface area contributed by atoms with Crippen LogP contribution < -0.4 is 0 Å². The minimum Gasteiger partial charge on any atom is -0.341 e. The Balaban J connectivity index is 1.95. The smallest absolute Gasteiger partial charge is 0.265 e. The fourth-order valence-electron chi connectivity index (χ4n) is 1.63. The van der Waals surface area contributed by atoms with E-state index in [4.69, 9.17) is 0 Å². The highest BCUT2D eigenvalue weighted by molar-refractivity contribution is 7.11. The Morgan fingerprint density at radius 2 is 2.11 bits per heavy atom. The molecular weight excluding hydrogens is 246 g/mol. The molecule has 0 radical (unpaired) electrons. The molecule has 0 fully saturated rings. The Morgan fingerprint density at radius 1 is 1.39 bits per heavy atom. The van der Waals surface area contributed by atoms with Gasteiger partial charge in [0.1, 0.15) is 4.88 Å². The van der Waals surface area contributed by atoms with Crippen molar-refractivity contribution >= 4 is 17.2 Å². The van der Waals surface area contributed by atoms with Crippen molar-refractivity contribution in [2.75, 3.05) is 13.6 Å². The Morgan fingerprint density at radius 3 is 2.72 bits per heavy atom. The Hall–Kier alpha value is -1.75. The first kappa shape index (κ1) is 12.7. The number of amides is 1. The van der Waals surface area contributed by atoms with Crippen LogP contribution in [0.25, 0.3) is 0 Å². The Kier molecular flexibility index (Phi) is 4.04. The molecular formula is C13H15N3OS. The second-order valence-electron chi connectivity index (χ2n) is 4.10. The van der Waals surface area contributed by atoms with E-state index in [1.807, 2.05) is 26.1 Å². The van der Waals surface area contributed by atoms with Crippen molar-refractivity contribution in [3.05, 3.63) is 46.2 Å². The van der Waals surface area contributed by atoms with Gasteiger partial charge in [0, 0.05) is 26.0 Å². The summed E-state index contributed by atoms with van der Waals surface area (Å²) in [6, 6.07) is 3.94. The second kappa shape index (κ2) is 5.73. The minimum atomic E-state index is 0.0454. The van der Waals surface area contributed by atoms with Crippen molar-refractivity contribution in [3.63, 3.8) is 0 Å². The van der Waals surface area contributed by atoms with Gasteiger partial charge in [-0.2, -0.15) is 0 Å².